The van der Waals surface area contributed by atoms with E-state index >= 15 is 0 Å². The van der Waals surface area contributed by atoms with E-state index in [9.17, 15) is 0 Å². The molecule has 0 radical (unpaired) electrons. The molecule has 0 fully saturated rings. The minimum atomic E-state index is 0.885. The molecule has 0 spiro atoms. The third-order valence-electron chi connectivity index (χ3n) is 3.64. The normalized spacial score (nSPS) is 11.1. The molecule has 108 valence electrons. The Morgan fingerprint density at radius 2 is 1.68 bits per heavy atom. The molecule has 3 nitrogen and oxygen atoms in total. The van der Waals surface area contributed by atoms with Gasteiger partial charge >= 0.3 is 0 Å². The average Bonchev–Trinajstić information content (AvgIpc) is 3.20. The van der Waals surface area contributed by atoms with Crippen LogP contribution in [-0.2, 0) is 12.8 Å². The summed E-state index contributed by atoms with van der Waals surface area (Å²) in [6.45, 7) is 0. The molecule has 2 heterocycles. The molecular formula is C18H15N3S. The number of thiazole rings is 1. The molecule has 2 aromatic carbocycles. The van der Waals surface area contributed by atoms with Gasteiger partial charge in [-0.3, -0.25) is 0 Å². The molecule has 22 heavy (non-hydrogen) atoms. The Balaban J connectivity index is 1.49. The van der Waals surface area contributed by atoms with Gasteiger partial charge in [-0.1, -0.05) is 42.5 Å². The van der Waals surface area contributed by atoms with Crippen LogP contribution in [0.1, 0.15) is 10.8 Å². The average molecular weight is 305 g/mol. The topological polar surface area (TPSA) is 41.6 Å². The molecule has 0 amide bonds. The summed E-state index contributed by atoms with van der Waals surface area (Å²) in [6, 6.07) is 18.4. The van der Waals surface area contributed by atoms with Crippen LogP contribution in [0.25, 0.3) is 22.3 Å². The molecule has 4 aromatic rings. The predicted molar refractivity (Wildman–Crippen MR) is 91.1 cm³/mol. The zero-order valence-corrected chi connectivity index (χ0v) is 12.8. The van der Waals surface area contributed by atoms with Crippen LogP contribution in [0.5, 0.6) is 0 Å². The summed E-state index contributed by atoms with van der Waals surface area (Å²) in [5.74, 6) is 1.03. The number of benzene rings is 2. The molecule has 4 rings (SSSR count). The maximum absolute atomic E-state index is 4.73. The third-order valence-corrected chi connectivity index (χ3v) is 4.54. The smallest absolute Gasteiger partial charge is 0.107 e. The summed E-state index contributed by atoms with van der Waals surface area (Å²) >= 11 is 1.72. The lowest BCUT2D eigenvalue weighted by Crippen LogP contribution is -1.93. The Bertz CT molecular complexity index is 860. The molecular weight excluding hydrogens is 290 g/mol. The monoisotopic (exact) mass is 305 g/mol. The number of para-hydroxylation sites is 2. The van der Waals surface area contributed by atoms with E-state index in [-0.39, 0.29) is 0 Å². The molecule has 0 unspecified atom stereocenters. The number of aromatic nitrogens is 3. The summed E-state index contributed by atoms with van der Waals surface area (Å²) in [5, 5.41) is 3.28. The molecule has 0 aliphatic carbocycles. The zero-order chi connectivity index (χ0) is 14.8. The van der Waals surface area contributed by atoms with Crippen molar-refractivity contribution in [3.63, 3.8) is 0 Å². The summed E-state index contributed by atoms with van der Waals surface area (Å²) in [5.41, 5.74) is 4.36. The Labute approximate surface area is 132 Å². The lowest BCUT2D eigenvalue weighted by molar-refractivity contribution is 0.882. The highest BCUT2D eigenvalue weighted by molar-refractivity contribution is 7.09. The van der Waals surface area contributed by atoms with Crippen molar-refractivity contribution in [3.8, 4) is 11.3 Å². The number of nitrogens with one attached hydrogen (secondary N) is 1. The number of hydrogen-bond acceptors (Lipinski definition) is 3. The van der Waals surface area contributed by atoms with Crippen LogP contribution in [0.3, 0.4) is 0 Å². The van der Waals surface area contributed by atoms with E-state index in [2.05, 4.69) is 33.5 Å². The highest BCUT2D eigenvalue weighted by atomic mass is 32.1. The van der Waals surface area contributed by atoms with E-state index < -0.39 is 0 Å². The van der Waals surface area contributed by atoms with Crippen molar-refractivity contribution in [1.29, 1.82) is 0 Å². The van der Waals surface area contributed by atoms with Crippen LogP contribution in [0, 0.1) is 0 Å². The second-order valence-corrected chi connectivity index (χ2v) is 6.14. The molecule has 0 aliphatic rings. The first-order valence-corrected chi connectivity index (χ1v) is 8.20. The van der Waals surface area contributed by atoms with Gasteiger partial charge in [0.15, 0.2) is 0 Å². The number of rotatable bonds is 4. The van der Waals surface area contributed by atoms with Gasteiger partial charge in [-0.05, 0) is 12.1 Å². The van der Waals surface area contributed by atoms with E-state index in [0.29, 0.717) is 0 Å². The molecule has 0 saturated heterocycles. The van der Waals surface area contributed by atoms with E-state index in [0.717, 1.165) is 40.4 Å². The van der Waals surface area contributed by atoms with Crippen molar-refractivity contribution in [2.24, 2.45) is 0 Å². The second kappa shape index (κ2) is 5.73. The van der Waals surface area contributed by atoms with Gasteiger partial charge in [0.05, 0.1) is 21.7 Å². The predicted octanol–water partition coefficient (Wildman–Crippen LogP) is 4.47. The minimum absolute atomic E-state index is 0.885. The fraction of sp³-hybridized carbons (Fsp3) is 0.111. The van der Waals surface area contributed by atoms with Crippen molar-refractivity contribution in [3.05, 3.63) is 70.8 Å². The van der Waals surface area contributed by atoms with Crippen LogP contribution in [0.4, 0.5) is 0 Å². The van der Waals surface area contributed by atoms with E-state index in [1.54, 1.807) is 11.3 Å². The molecule has 1 N–H and O–H groups in total. The van der Waals surface area contributed by atoms with Crippen molar-refractivity contribution in [1.82, 2.24) is 15.0 Å². The maximum Gasteiger partial charge on any atom is 0.107 e. The largest absolute Gasteiger partial charge is 0.342 e. The zero-order valence-electron chi connectivity index (χ0n) is 12.0. The van der Waals surface area contributed by atoms with Gasteiger partial charge in [0.2, 0.25) is 0 Å². The van der Waals surface area contributed by atoms with Crippen LogP contribution < -0.4 is 0 Å². The van der Waals surface area contributed by atoms with Gasteiger partial charge in [0.25, 0.3) is 0 Å². The first kappa shape index (κ1) is 13.2. The Morgan fingerprint density at radius 1 is 0.864 bits per heavy atom. The lowest BCUT2D eigenvalue weighted by atomic mass is 10.2. The molecule has 0 bridgehead atoms. The number of hydrogen-bond donors (Lipinski definition) is 1. The molecule has 2 aromatic heterocycles. The number of aromatic amines is 1. The molecule has 0 saturated carbocycles. The van der Waals surface area contributed by atoms with Gasteiger partial charge in [0.1, 0.15) is 5.82 Å². The number of nitrogens with zero attached hydrogens (tertiary/aromatic N) is 2. The summed E-state index contributed by atoms with van der Waals surface area (Å²) < 4.78 is 0. The van der Waals surface area contributed by atoms with Gasteiger partial charge in [0, 0.05) is 23.8 Å². The summed E-state index contributed by atoms with van der Waals surface area (Å²) in [4.78, 5) is 12.7. The maximum atomic E-state index is 4.73. The van der Waals surface area contributed by atoms with Crippen LogP contribution in [-0.4, -0.2) is 15.0 Å². The number of fused-ring (bicyclic) bond motifs is 1. The molecule has 0 aliphatic heterocycles. The number of aryl methyl sites for hydroxylation is 2. The highest BCUT2D eigenvalue weighted by Crippen LogP contribution is 2.22. The highest BCUT2D eigenvalue weighted by Gasteiger charge is 2.07. The van der Waals surface area contributed by atoms with Crippen molar-refractivity contribution in [2.75, 3.05) is 0 Å². The van der Waals surface area contributed by atoms with Gasteiger partial charge < -0.3 is 4.98 Å². The summed E-state index contributed by atoms with van der Waals surface area (Å²) in [7, 11) is 0. The number of H-pyrrole nitrogens is 1. The Hall–Kier alpha value is -2.46. The lowest BCUT2D eigenvalue weighted by Gasteiger charge is -1.95. The fourth-order valence-corrected chi connectivity index (χ4v) is 3.32. The minimum Gasteiger partial charge on any atom is -0.342 e. The fourth-order valence-electron chi connectivity index (χ4n) is 2.52. The van der Waals surface area contributed by atoms with Crippen molar-refractivity contribution < 1.29 is 0 Å². The van der Waals surface area contributed by atoms with Crippen molar-refractivity contribution >= 4 is 22.4 Å². The Morgan fingerprint density at radius 3 is 2.55 bits per heavy atom. The van der Waals surface area contributed by atoms with E-state index in [4.69, 9.17) is 4.98 Å². The first-order valence-electron chi connectivity index (χ1n) is 7.32. The molecule has 4 heteroatoms. The van der Waals surface area contributed by atoms with E-state index in [1.807, 2.05) is 36.4 Å². The van der Waals surface area contributed by atoms with Crippen molar-refractivity contribution in [2.45, 2.75) is 12.8 Å². The van der Waals surface area contributed by atoms with E-state index in [1.165, 1.54) is 5.56 Å². The quantitative estimate of drug-likeness (QED) is 0.604. The van der Waals surface area contributed by atoms with Crippen LogP contribution in [0.15, 0.2) is 60.0 Å². The van der Waals surface area contributed by atoms with Crippen LogP contribution in [0.2, 0.25) is 0 Å². The number of imidazole rings is 1. The van der Waals surface area contributed by atoms with Crippen LogP contribution >= 0.6 is 11.3 Å². The van der Waals surface area contributed by atoms with Gasteiger partial charge in [-0.15, -0.1) is 11.3 Å². The summed E-state index contributed by atoms with van der Waals surface area (Å²) in [6.07, 6.45) is 1.80. The van der Waals surface area contributed by atoms with Gasteiger partial charge in [-0.25, -0.2) is 9.97 Å². The SMILES string of the molecule is c1ccc(-c2csc(CCc3nc4ccccc4[nH]3)n2)cc1. The standard InChI is InChI=1S/C18H15N3S/c1-2-6-13(7-3-1)16-12-22-18(21-16)11-10-17-19-14-8-4-5-9-15(14)20-17/h1-9,12H,10-11H2,(H,19,20). The molecule has 0 atom stereocenters. The van der Waals surface area contributed by atoms with Gasteiger partial charge in [-0.2, -0.15) is 0 Å². The third kappa shape index (κ3) is 2.65. The first-order chi connectivity index (χ1) is 10.9. The second-order valence-electron chi connectivity index (χ2n) is 5.19. The Kier molecular flexibility index (Phi) is 3.45.